The number of fused-ring (bicyclic) bond motifs is 1. The second-order valence-electron chi connectivity index (χ2n) is 5.74. The Labute approximate surface area is 135 Å². The number of likely N-dealkylation sites (tertiary alicyclic amines) is 1. The zero-order valence-electron chi connectivity index (χ0n) is 12.9. The van der Waals surface area contributed by atoms with Gasteiger partial charge in [0, 0.05) is 19.1 Å². The van der Waals surface area contributed by atoms with Gasteiger partial charge in [-0.2, -0.15) is 0 Å². The number of carbonyl (C=O) groups is 2. The predicted molar refractivity (Wildman–Crippen MR) is 84.3 cm³/mol. The number of nitrogens with one attached hydrogen (secondary N) is 1. The molecule has 122 valence electrons. The molecular formula is C17H20N2O4. The van der Waals surface area contributed by atoms with E-state index in [0.29, 0.717) is 31.2 Å². The van der Waals surface area contributed by atoms with Gasteiger partial charge in [0.05, 0.1) is 6.42 Å². The number of nitrogens with zero attached hydrogens (tertiary/aromatic N) is 1. The van der Waals surface area contributed by atoms with Gasteiger partial charge in [-0.05, 0) is 24.6 Å². The van der Waals surface area contributed by atoms with Crippen LogP contribution in [0.15, 0.2) is 36.9 Å². The number of rotatable bonds is 4. The maximum Gasteiger partial charge on any atom is 0.243 e. The predicted octanol–water partition coefficient (Wildman–Crippen LogP) is 1.12. The van der Waals surface area contributed by atoms with Crippen molar-refractivity contribution in [3.63, 3.8) is 0 Å². The maximum absolute atomic E-state index is 12.4. The van der Waals surface area contributed by atoms with E-state index in [1.165, 1.54) is 6.08 Å². The minimum atomic E-state index is -0.279. The van der Waals surface area contributed by atoms with Gasteiger partial charge < -0.3 is 19.7 Å². The third-order valence-electron chi connectivity index (χ3n) is 4.04. The van der Waals surface area contributed by atoms with Crippen molar-refractivity contribution >= 4 is 11.8 Å². The normalized spacial score (nSPS) is 22.5. The SMILES string of the molecule is C=CC(=O)N[C@H]1CCN(C(=O)CC2COc3ccccc3O2)C1. The molecule has 6 nitrogen and oxygen atoms in total. The van der Waals surface area contributed by atoms with Crippen molar-refractivity contribution in [2.45, 2.75) is 25.0 Å². The molecule has 1 fully saturated rings. The summed E-state index contributed by atoms with van der Waals surface area (Å²) >= 11 is 0. The van der Waals surface area contributed by atoms with Crippen molar-refractivity contribution in [1.82, 2.24) is 10.2 Å². The van der Waals surface area contributed by atoms with Crippen LogP contribution < -0.4 is 14.8 Å². The molecule has 1 aromatic rings. The molecule has 0 saturated carbocycles. The number of hydrogen-bond acceptors (Lipinski definition) is 4. The number of ether oxygens (including phenoxy) is 2. The third-order valence-corrected chi connectivity index (χ3v) is 4.04. The number of carbonyl (C=O) groups excluding carboxylic acids is 2. The van der Waals surface area contributed by atoms with Gasteiger partial charge in [0.1, 0.15) is 12.7 Å². The molecule has 0 spiro atoms. The van der Waals surface area contributed by atoms with E-state index in [2.05, 4.69) is 11.9 Å². The Morgan fingerprint density at radius 1 is 1.35 bits per heavy atom. The summed E-state index contributed by atoms with van der Waals surface area (Å²) in [5.74, 6) is 1.21. The Balaban J connectivity index is 1.51. The van der Waals surface area contributed by atoms with Gasteiger partial charge in [0.2, 0.25) is 11.8 Å². The summed E-state index contributed by atoms with van der Waals surface area (Å²) in [4.78, 5) is 25.5. The van der Waals surface area contributed by atoms with Crippen LogP contribution in [0.4, 0.5) is 0 Å². The summed E-state index contributed by atoms with van der Waals surface area (Å²) in [6.45, 7) is 4.97. The average Bonchev–Trinajstić information content (AvgIpc) is 3.03. The van der Waals surface area contributed by atoms with E-state index in [4.69, 9.17) is 9.47 Å². The van der Waals surface area contributed by atoms with E-state index < -0.39 is 0 Å². The van der Waals surface area contributed by atoms with Gasteiger partial charge in [-0.3, -0.25) is 9.59 Å². The Hall–Kier alpha value is -2.50. The van der Waals surface area contributed by atoms with Gasteiger partial charge in [0.15, 0.2) is 11.5 Å². The van der Waals surface area contributed by atoms with Crippen molar-refractivity contribution in [1.29, 1.82) is 0 Å². The highest BCUT2D eigenvalue weighted by molar-refractivity contribution is 5.87. The Morgan fingerprint density at radius 2 is 2.13 bits per heavy atom. The van der Waals surface area contributed by atoms with Crippen molar-refractivity contribution in [2.75, 3.05) is 19.7 Å². The van der Waals surface area contributed by atoms with Gasteiger partial charge >= 0.3 is 0 Å². The van der Waals surface area contributed by atoms with E-state index in [1.54, 1.807) is 4.90 Å². The van der Waals surface area contributed by atoms with Crippen LogP contribution in [-0.2, 0) is 9.59 Å². The number of hydrogen-bond donors (Lipinski definition) is 1. The largest absolute Gasteiger partial charge is 0.486 e. The van der Waals surface area contributed by atoms with Crippen molar-refractivity contribution < 1.29 is 19.1 Å². The first-order chi connectivity index (χ1) is 11.2. The molecule has 1 aromatic carbocycles. The van der Waals surface area contributed by atoms with Crippen LogP contribution in [0.1, 0.15) is 12.8 Å². The summed E-state index contributed by atoms with van der Waals surface area (Å²) < 4.78 is 11.4. The molecule has 0 radical (unpaired) electrons. The lowest BCUT2D eigenvalue weighted by atomic mass is 10.2. The molecule has 0 bridgehead atoms. The summed E-state index contributed by atoms with van der Waals surface area (Å²) in [6, 6.07) is 7.44. The zero-order valence-corrected chi connectivity index (χ0v) is 12.9. The highest BCUT2D eigenvalue weighted by Gasteiger charge is 2.30. The van der Waals surface area contributed by atoms with Crippen LogP contribution in [0, 0.1) is 0 Å². The monoisotopic (exact) mass is 316 g/mol. The Morgan fingerprint density at radius 3 is 2.91 bits per heavy atom. The van der Waals surface area contributed by atoms with Crippen LogP contribution in [0.3, 0.4) is 0 Å². The first kappa shape index (κ1) is 15.4. The minimum absolute atomic E-state index is 0.00583. The highest BCUT2D eigenvalue weighted by Crippen LogP contribution is 2.31. The molecule has 1 N–H and O–H groups in total. The van der Waals surface area contributed by atoms with Gasteiger partial charge in [-0.1, -0.05) is 18.7 Å². The van der Waals surface area contributed by atoms with E-state index in [9.17, 15) is 9.59 Å². The molecule has 23 heavy (non-hydrogen) atoms. The second-order valence-corrected chi connectivity index (χ2v) is 5.74. The molecule has 2 heterocycles. The van der Waals surface area contributed by atoms with Crippen LogP contribution >= 0.6 is 0 Å². The Kier molecular flexibility index (Phi) is 4.50. The fraction of sp³-hybridized carbons (Fsp3) is 0.412. The van der Waals surface area contributed by atoms with Crippen LogP contribution in [0.25, 0.3) is 0 Å². The van der Waals surface area contributed by atoms with Crippen LogP contribution in [0.5, 0.6) is 11.5 Å². The van der Waals surface area contributed by atoms with Crippen molar-refractivity contribution in [2.24, 2.45) is 0 Å². The van der Waals surface area contributed by atoms with E-state index >= 15 is 0 Å². The molecule has 0 aliphatic carbocycles. The summed E-state index contributed by atoms with van der Waals surface area (Å²) in [5, 5.41) is 2.82. The fourth-order valence-corrected chi connectivity index (χ4v) is 2.85. The number of amides is 2. The van der Waals surface area contributed by atoms with E-state index in [1.807, 2.05) is 24.3 Å². The molecular weight excluding hydrogens is 296 g/mol. The lowest BCUT2D eigenvalue weighted by molar-refractivity contribution is -0.132. The molecule has 2 aliphatic rings. The molecule has 3 rings (SSSR count). The van der Waals surface area contributed by atoms with E-state index in [0.717, 1.165) is 6.42 Å². The van der Waals surface area contributed by atoms with Crippen molar-refractivity contribution in [3.05, 3.63) is 36.9 Å². The van der Waals surface area contributed by atoms with Gasteiger partial charge in [-0.15, -0.1) is 0 Å². The van der Waals surface area contributed by atoms with Gasteiger partial charge in [-0.25, -0.2) is 0 Å². The molecule has 0 aromatic heterocycles. The average molecular weight is 316 g/mol. The molecule has 1 unspecified atom stereocenters. The third kappa shape index (κ3) is 3.64. The first-order valence-corrected chi connectivity index (χ1v) is 7.75. The van der Waals surface area contributed by atoms with Crippen molar-refractivity contribution in [3.8, 4) is 11.5 Å². The van der Waals surface area contributed by atoms with Crippen LogP contribution in [0.2, 0.25) is 0 Å². The number of benzene rings is 1. The quantitative estimate of drug-likeness (QED) is 0.845. The summed E-state index contributed by atoms with van der Waals surface area (Å²) in [6.07, 6.45) is 2.00. The lowest BCUT2D eigenvalue weighted by Crippen LogP contribution is -2.40. The zero-order chi connectivity index (χ0) is 16.2. The minimum Gasteiger partial charge on any atom is -0.486 e. The van der Waals surface area contributed by atoms with Gasteiger partial charge in [0.25, 0.3) is 0 Å². The van der Waals surface area contributed by atoms with Crippen LogP contribution in [-0.4, -0.2) is 48.6 Å². The lowest BCUT2D eigenvalue weighted by Gasteiger charge is -2.27. The smallest absolute Gasteiger partial charge is 0.243 e. The fourth-order valence-electron chi connectivity index (χ4n) is 2.85. The first-order valence-electron chi connectivity index (χ1n) is 7.75. The molecule has 1 saturated heterocycles. The summed E-state index contributed by atoms with van der Waals surface area (Å²) in [7, 11) is 0. The Bertz CT molecular complexity index is 616. The molecule has 2 amide bonds. The highest BCUT2D eigenvalue weighted by atomic mass is 16.6. The molecule has 2 aliphatic heterocycles. The molecule has 2 atom stereocenters. The second kappa shape index (κ2) is 6.73. The topological polar surface area (TPSA) is 67.9 Å². The molecule has 6 heteroatoms. The van der Waals surface area contributed by atoms with E-state index in [-0.39, 0.29) is 30.4 Å². The summed E-state index contributed by atoms with van der Waals surface area (Å²) in [5.41, 5.74) is 0. The maximum atomic E-state index is 12.4. The standard InChI is InChI=1S/C17H20N2O4/c1-2-16(20)18-12-7-8-19(10-12)17(21)9-13-11-22-14-5-3-4-6-15(14)23-13/h2-6,12-13H,1,7-11H2,(H,18,20)/t12-,13?/m0/s1. The number of para-hydroxylation sites is 2.